The average molecular weight is 198 g/mol. The van der Waals surface area contributed by atoms with Crippen molar-refractivity contribution >= 4 is 0 Å². The van der Waals surface area contributed by atoms with Crippen LogP contribution in [-0.4, -0.2) is 0 Å². The zero-order valence-electron chi connectivity index (χ0n) is 11.0. The molecule has 0 heteroatoms. The van der Waals surface area contributed by atoms with Gasteiger partial charge in [-0.05, 0) is 30.6 Å². The summed E-state index contributed by atoms with van der Waals surface area (Å²) in [6.07, 6.45) is 9.73. The largest absolute Gasteiger partial charge is 0.0654 e. The Morgan fingerprint density at radius 1 is 0.929 bits per heavy atom. The van der Waals surface area contributed by atoms with Gasteiger partial charge in [0.05, 0.1) is 0 Å². The lowest BCUT2D eigenvalue weighted by Gasteiger charge is -2.35. The molecule has 0 bridgehead atoms. The van der Waals surface area contributed by atoms with Crippen LogP contribution in [0, 0.1) is 11.3 Å². The minimum Gasteiger partial charge on any atom is -0.0654 e. The fraction of sp³-hybridized carbons (Fsp3) is 1.00. The van der Waals surface area contributed by atoms with Crippen molar-refractivity contribution in [2.45, 2.75) is 79.6 Å². The fourth-order valence-corrected chi connectivity index (χ4v) is 2.77. The minimum absolute atomic E-state index is 0.666. The van der Waals surface area contributed by atoms with Crippen molar-refractivity contribution in [3.8, 4) is 0 Å². The molecule has 0 saturated heterocycles. The minimum atomic E-state index is 0.666. The van der Waals surface area contributed by atoms with E-state index in [9.17, 15) is 0 Å². The smallest absolute Gasteiger partial charge is 0.0298 e. The zero-order valence-corrected chi connectivity index (χ0v) is 11.0. The predicted molar refractivity (Wildman–Crippen MR) is 66.6 cm³/mol. The van der Waals surface area contributed by atoms with Gasteiger partial charge in [-0.15, -0.1) is 0 Å². The maximum Gasteiger partial charge on any atom is -0.0298 e. The average Bonchev–Trinajstić information content (AvgIpc) is 2.18. The van der Waals surface area contributed by atoms with Gasteiger partial charge in [-0.1, -0.05) is 60.3 Å². The Morgan fingerprint density at radius 2 is 1.43 bits per heavy atom. The van der Waals surface area contributed by atoms with Crippen LogP contribution in [0.4, 0.5) is 0 Å². The first-order valence-electron chi connectivity index (χ1n) is 6.64. The second-order valence-corrected chi connectivity index (χ2v) is 5.07. The number of rotatable bonds is 8. The first-order chi connectivity index (χ1) is 6.64. The molecule has 0 N–H and O–H groups in total. The molecule has 0 aromatic heterocycles. The van der Waals surface area contributed by atoms with E-state index in [0.717, 1.165) is 5.92 Å². The molecule has 0 aromatic rings. The van der Waals surface area contributed by atoms with Crippen molar-refractivity contribution in [1.29, 1.82) is 0 Å². The highest BCUT2D eigenvalue weighted by Gasteiger charge is 2.27. The van der Waals surface area contributed by atoms with Crippen molar-refractivity contribution in [3.05, 3.63) is 0 Å². The summed E-state index contributed by atoms with van der Waals surface area (Å²) in [5.74, 6) is 0.910. The molecule has 0 aliphatic carbocycles. The maximum atomic E-state index is 2.41. The molecular weight excluding hydrogens is 168 g/mol. The van der Waals surface area contributed by atoms with Crippen LogP contribution >= 0.6 is 0 Å². The van der Waals surface area contributed by atoms with Gasteiger partial charge in [0, 0.05) is 0 Å². The summed E-state index contributed by atoms with van der Waals surface area (Å²) in [6, 6.07) is 0. The summed E-state index contributed by atoms with van der Waals surface area (Å²) < 4.78 is 0. The second kappa shape index (κ2) is 7.31. The molecule has 0 heterocycles. The van der Waals surface area contributed by atoms with Gasteiger partial charge in [0.2, 0.25) is 0 Å². The third-order valence-corrected chi connectivity index (χ3v) is 3.79. The van der Waals surface area contributed by atoms with Crippen molar-refractivity contribution in [3.63, 3.8) is 0 Å². The standard InChI is InChI=1S/C14H30/c1-6-10-14(9-4,11-7-2)12-13(5)8-3/h13H,6-12H2,1-5H3. The molecule has 0 aromatic carbocycles. The van der Waals surface area contributed by atoms with Crippen LogP contribution in [0.5, 0.6) is 0 Å². The Bertz CT molecular complexity index is 120. The molecule has 0 radical (unpaired) electrons. The lowest BCUT2D eigenvalue weighted by atomic mass is 9.71. The summed E-state index contributed by atoms with van der Waals surface area (Å²) >= 11 is 0. The van der Waals surface area contributed by atoms with Crippen molar-refractivity contribution in [2.75, 3.05) is 0 Å². The first-order valence-corrected chi connectivity index (χ1v) is 6.64. The first kappa shape index (κ1) is 14.0. The summed E-state index contributed by atoms with van der Waals surface area (Å²) in [4.78, 5) is 0. The topological polar surface area (TPSA) is 0 Å². The fourth-order valence-electron chi connectivity index (χ4n) is 2.77. The molecular formula is C14H30. The highest BCUT2D eigenvalue weighted by Crippen LogP contribution is 2.40. The molecule has 0 fully saturated rings. The normalized spacial score (nSPS) is 14.4. The van der Waals surface area contributed by atoms with Crippen LogP contribution < -0.4 is 0 Å². The van der Waals surface area contributed by atoms with E-state index in [1.165, 1.54) is 44.9 Å². The van der Waals surface area contributed by atoms with Crippen molar-refractivity contribution < 1.29 is 0 Å². The molecule has 0 saturated carbocycles. The Morgan fingerprint density at radius 3 is 1.71 bits per heavy atom. The number of hydrogen-bond donors (Lipinski definition) is 0. The highest BCUT2D eigenvalue weighted by molar-refractivity contribution is 4.79. The highest BCUT2D eigenvalue weighted by atomic mass is 14.3. The lowest BCUT2D eigenvalue weighted by molar-refractivity contribution is 0.169. The van der Waals surface area contributed by atoms with E-state index in [2.05, 4.69) is 34.6 Å². The van der Waals surface area contributed by atoms with Crippen LogP contribution in [0.1, 0.15) is 79.6 Å². The van der Waals surface area contributed by atoms with Crippen LogP contribution in [0.25, 0.3) is 0 Å². The molecule has 0 aliphatic heterocycles. The predicted octanol–water partition coefficient (Wildman–Crippen LogP) is 5.42. The lowest BCUT2D eigenvalue weighted by Crippen LogP contribution is -2.22. The molecule has 86 valence electrons. The molecule has 1 atom stereocenters. The van der Waals surface area contributed by atoms with Crippen LogP contribution in [0.3, 0.4) is 0 Å². The van der Waals surface area contributed by atoms with Crippen molar-refractivity contribution in [2.24, 2.45) is 11.3 Å². The second-order valence-electron chi connectivity index (χ2n) is 5.07. The zero-order chi connectivity index (χ0) is 11.0. The Labute approximate surface area is 91.5 Å². The van der Waals surface area contributed by atoms with E-state index in [1.54, 1.807) is 0 Å². The van der Waals surface area contributed by atoms with E-state index in [-0.39, 0.29) is 0 Å². The van der Waals surface area contributed by atoms with Gasteiger partial charge in [0.15, 0.2) is 0 Å². The summed E-state index contributed by atoms with van der Waals surface area (Å²) in [7, 11) is 0. The van der Waals surface area contributed by atoms with E-state index in [0.29, 0.717) is 5.41 Å². The number of hydrogen-bond acceptors (Lipinski definition) is 0. The quantitative estimate of drug-likeness (QED) is 0.488. The monoisotopic (exact) mass is 198 g/mol. The Hall–Kier alpha value is 0. The summed E-state index contributed by atoms with van der Waals surface area (Å²) in [5, 5.41) is 0. The van der Waals surface area contributed by atoms with Crippen LogP contribution in [-0.2, 0) is 0 Å². The van der Waals surface area contributed by atoms with E-state index < -0.39 is 0 Å². The van der Waals surface area contributed by atoms with Gasteiger partial charge in [0.1, 0.15) is 0 Å². The van der Waals surface area contributed by atoms with Gasteiger partial charge in [-0.3, -0.25) is 0 Å². The van der Waals surface area contributed by atoms with Gasteiger partial charge in [-0.2, -0.15) is 0 Å². The third kappa shape index (κ3) is 4.48. The molecule has 1 unspecified atom stereocenters. The Kier molecular flexibility index (Phi) is 7.31. The molecule has 0 nitrogen and oxygen atoms in total. The molecule has 14 heavy (non-hydrogen) atoms. The summed E-state index contributed by atoms with van der Waals surface area (Å²) in [6.45, 7) is 11.8. The SMILES string of the molecule is CCCC(CC)(CCC)CC(C)CC. The maximum absolute atomic E-state index is 2.41. The van der Waals surface area contributed by atoms with E-state index in [1.807, 2.05) is 0 Å². The van der Waals surface area contributed by atoms with E-state index >= 15 is 0 Å². The third-order valence-electron chi connectivity index (χ3n) is 3.79. The Balaban J connectivity index is 4.31. The molecule has 0 spiro atoms. The summed E-state index contributed by atoms with van der Waals surface area (Å²) in [5.41, 5.74) is 0.666. The van der Waals surface area contributed by atoms with Crippen LogP contribution in [0.15, 0.2) is 0 Å². The molecule has 0 amide bonds. The van der Waals surface area contributed by atoms with Gasteiger partial charge < -0.3 is 0 Å². The van der Waals surface area contributed by atoms with Crippen molar-refractivity contribution in [1.82, 2.24) is 0 Å². The molecule has 0 rings (SSSR count). The van der Waals surface area contributed by atoms with Gasteiger partial charge in [-0.25, -0.2) is 0 Å². The van der Waals surface area contributed by atoms with E-state index in [4.69, 9.17) is 0 Å². The molecule has 0 aliphatic rings. The van der Waals surface area contributed by atoms with Crippen LogP contribution in [0.2, 0.25) is 0 Å². The van der Waals surface area contributed by atoms with Gasteiger partial charge in [0.25, 0.3) is 0 Å². The van der Waals surface area contributed by atoms with Gasteiger partial charge >= 0.3 is 0 Å².